The number of aliphatic imine (C=N–C) groups is 1. The first kappa shape index (κ1) is 30.8. The largest absolute Gasteiger partial charge is 0.392 e. The van der Waals surface area contributed by atoms with Crippen molar-refractivity contribution in [2.45, 2.75) is 39.3 Å². The fourth-order valence-electron chi connectivity index (χ4n) is 5.22. The van der Waals surface area contributed by atoms with Gasteiger partial charge in [0.25, 0.3) is 0 Å². The Bertz CT molecular complexity index is 1530. The van der Waals surface area contributed by atoms with Gasteiger partial charge in [0.1, 0.15) is 11.7 Å². The third-order valence-corrected chi connectivity index (χ3v) is 7.54. The first-order valence-electron chi connectivity index (χ1n) is 13.6. The van der Waals surface area contributed by atoms with Crippen molar-refractivity contribution in [3.05, 3.63) is 82.9 Å². The van der Waals surface area contributed by atoms with Crippen LogP contribution in [-0.2, 0) is 16.2 Å². The van der Waals surface area contributed by atoms with Crippen molar-refractivity contribution in [1.29, 1.82) is 0 Å². The number of amides is 2. The van der Waals surface area contributed by atoms with E-state index in [1.165, 1.54) is 17.0 Å². The molecule has 4 rings (SSSR count). The molecule has 1 aliphatic rings. The van der Waals surface area contributed by atoms with Gasteiger partial charge in [0.2, 0.25) is 12.3 Å². The number of nitrogens with zero attached hydrogens (tertiary/aromatic N) is 6. The van der Waals surface area contributed by atoms with Crippen LogP contribution in [0.25, 0.3) is 11.3 Å². The summed E-state index contributed by atoms with van der Waals surface area (Å²) in [5.41, 5.74) is 2.15. The Balaban J connectivity index is 1.97. The van der Waals surface area contributed by atoms with Crippen LogP contribution >= 0.6 is 11.6 Å². The number of piperazine rings is 1. The molecule has 42 heavy (non-hydrogen) atoms. The summed E-state index contributed by atoms with van der Waals surface area (Å²) in [5, 5.41) is 10.4. The Hall–Kier alpha value is -4.15. The van der Waals surface area contributed by atoms with E-state index in [0.29, 0.717) is 54.4 Å². The second kappa shape index (κ2) is 13.2. The zero-order chi connectivity index (χ0) is 30.6. The minimum Gasteiger partial charge on any atom is -0.392 e. The number of aliphatic hydroxyl groups excluding tert-OH is 1. The lowest BCUT2D eigenvalue weighted by molar-refractivity contribution is -0.128. The minimum atomic E-state index is -0.524. The molecule has 0 aliphatic carbocycles. The molecule has 2 aromatic heterocycles. The molecule has 1 N–H and O–H groups in total. The summed E-state index contributed by atoms with van der Waals surface area (Å²) in [4.78, 5) is 44.2. The number of amidine groups is 1. The Kier molecular flexibility index (Phi) is 9.70. The number of aromatic nitrogens is 2. The molecule has 3 aromatic rings. The van der Waals surface area contributed by atoms with Gasteiger partial charge in [-0.2, -0.15) is 0 Å². The first-order chi connectivity index (χ1) is 20.2. The van der Waals surface area contributed by atoms with E-state index in [0.717, 1.165) is 0 Å². The van der Waals surface area contributed by atoms with Gasteiger partial charge in [-0.3, -0.25) is 24.5 Å². The van der Waals surface area contributed by atoms with E-state index in [9.17, 15) is 19.1 Å². The lowest BCUT2D eigenvalue weighted by Crippen LogP contribution is -2.55. The van der Waals surface area contributed by atoms with Gasteiger partial charge in [-0.25, -0.2) is 9.37 Å². The normalized spacial score (nSPS) is 15.6. The summed E-state index contributed by atoms with van der Waals surface area (Å²) in [5.74, 6) is -0.146. The first-order valence-corrected chi connectivity index (χ1v) is 14.0. The lowest BCUT2D eigenvalue weighted by Gasteiger charge is -2.41. The number of rotatable bonds is 8. The van der Waals surface area contributed by atoms with Crippen molar-refractivity contribution in [3.8, 4) is 11.3 Å². The standard InChI is InChI=1S/C31H34ClFN6O3/c1-6-26(42)37-13-14-38(20(4)16-37)30(34-5)23-15-24(32)28(22-9-7-8-10-25(22)33)36-31(23)39(18-41)29-21(17-40)11-12-35-27(29)19(2)3/h6-12,15,18-20,40H,1,13-14,16-17H2,2-5H3. The molecule has 2 amide bonds. The highest BCUT2D eigenvalue weighted by Crippen LogP contribution is 2.39. The summed E-state index contributed by atoms with van der Waals surface area (Å²) in [6.07, 6.45) is 3.48. The zero-order valence-corrected chi connectivity index (χ0v) is 24.8. The lowest BCUT2D eigenvalue weighted by atomic mass is 10.0. The number of carbonyl (C=O) groups excluding carboxylic acids is 2. The van der Waals surface area contributed by atoms with E-state index in [1.807, 2.05) is 25.7 Å². The van der Waals surface area contributed by atoms with Gasteiger partial charge >= 0.3 is 0 Å². The number of carbonyl (C=O) groups is 2. The molecular weight excluding hydrogens is 559 g/mol. The van der Waals surface area contributed by atoms with Gasteiger partial charge in [-0.15, -0.1) is 0 Å². The van der Waals surface area contributed by atoms with Crippen LogP contribution in [0.2, 0.25) is 5.02 Å². The van der Waals surface area contributed by atoms with Crippen molar-refractivity contribution in [1.82, 2.24) is 19.8 Å². The van der Waals surface area contributed by atoms with Crippen LogP contribution in [0.4, 0.5) is 15.9 Å². The van der Waals surface area contributed by atoms with E-state index >= 15 is 0 Å². The van der Waals surface area contributed by atoms with Crippen molar-refractivity contribution in [2.24, 2.45) is 4.99 Å². The van der Waals surface area contributed by atoms with Gasteiger partial charge in [0.15, 0.2) is 5.82 Å². The van der Waals surface area contributed by atoms with Crippen LogP contribution < -0.4 is 4.90 Å². The van der Waals surface area contributed by atoms with Gasteiger partial charge < -0.3 is 14.9 Å². The zero-order valence-electron chi connectivity index (χ0n) is 24.1. The number of aliphatic hydroxyl groups is 1. The average molecular weight is 593 g/mol. The number of halogens is 2. The van der Waals surface area contributed by atoms with E-state index in [2.05, 4.69) is 16.6 Å². The molecule has 0 spiro atoms. The molecule has 1 aliphatic heterocycles. The number of benzene rings is 1. The Morgan fingerprint density at radius 1 is 1.31 bits per heavy atom. The summed E-state index contributed by atoms with van der Waals surface area (Å²) in [6.45, 7) is 10.4. The molecule has 3 heterocycles. The van der Waals surface area contributed by atoms with Crippen LogP contribution in [0, 0.1) is 5.82 Å². The second-order valence-electron chi connectivity index (χ2n) is 10.2. The predicted molar refractivity (Wildman–Crippen MR) is 162 cm³/mol. The van der Waals surface area contributed by atoms with Gasteiger partial charge in [0.05, 0.1) is 34.3 Å². The number of hydrogen-bond acceptors (Lipinski definition) is 6. The summed E-state index contributed by atoms with van der Waals surface area (Å²) < 4.78 is 15.0. The highest BCUT2D eigenvalue weighted by molar-refractivity contribution is 6.33. The highest BCUT2D eigenvalue weighted by atomic mass is 35.5. The fourth-order valence-corrected chi connectivity index (χ4v) is 5.48. The van der Waals surface area contributed by atoms with Crippen molar-refractivity contribution in [2.75, 3.05) is 31.6 Å². The Labute approximate surface area is 250 Å². The molecule has 9 nitrogen and oxygen atoms in total. The van der Waals surface area contributed by atoms with Gasteiger partial charge in [-0.1, -0.05) is 44.2 Å². The summed E-state index contributed by atoms with van der Waals surface area (Å²) in [7, 11) is 1.62. The molecule has 1 saturated heterocycles. The number of pyridine rings is 2. The summed E-state index contributed by atoms with van der Waals surface area (Å²) >= 11 is 6.78. The van der Waals surface area contributed by atoms with E-state index in [-0.39, 0.29) is 46.6 Å². The van der Waals surface area contributed by atoms with Crippen LogP contribution in [0.1, 0.15) is 43.5 Å². The van der Waals surface area contributed by atoms with Gasteiger partial charge in [-0.05, 0) is 43.2 Å². The quantitative estimate of drug-likeness (QED) is 0.172. The van der Waals surface area contributed by atoms with E-state index in [1.54, 1.807) is 48.5 Å². The van der Waals surface area contributed by atoms with Crippen LogP contribution in [0.5, 0.6) is 0 Å². The monoisotopic (exact) mass is 592 g/mol. The molecule has 0 saturated carbocycles. The Morgan fingerprint density at radius 3 is 2.64 bits per heavy atom. The third-order valence-electron chi connectivity index (χ3n) is 7.25. The molecule has 11 heteroatoms. The Morgan fingerprint density at radius 2 is 2.05 bits per heavy atom. The second-order valence-corrected chi connectivity index (χ2v) is 10.6. The third kappa shape index (κ3) is 5.91. The molecule has 1 atom stereocenters. The summed E-state index contributed by atoms with van der Waals surface area (Å²) in [6, 6.07) is 9.23. The fraction of sp³-hybridized carbons (Fsp3) is 0.323. The van der Waals surface area contributed by atoms with Crippen molar-refractivity contribution < 1.29 is 19.1 Å². The predicted octanol–water partition coefficient (Wildman–Crippen LogP) is 4.94. The van der Waals surface area contributed by atoms with Gasteiger partial charge in [0, 0.05) is 50.0 Å². The van der Waals surface area contributed by atoms with E-state index in [4.69, 9.17) is 16.6 Å². The smallest absolute Gasteiger partial charge is 0.246 e. The maximum Gasteiger partial charge on any atom is 0.246 e. The number of hydrogen-bond donors (Lipinski definition) is 1. The number of anilines is 2. The molecule has 0 radical (unpaired) electrons. The molecule has 1 aromatic carbocycles. The molecule has 220 valence electrons. The minimum absolute atomic E-state index is 0.106. The van der Waals surface area contributed by atoms with E-state index < -0.39 is 5.82 Å². The average Bonchev–Trinajstić information content (AvgIpc) is 2.99. The molecular formula is C31H34ClFN6O3. The molecule has 1 unspecified atom stereocenters. The molecule has 0 bridgehead atoms. The van der Waals surface area contributed by atoms with Crippen LogP contribution in [0.15, 0.2) is 60.2 Å². The maximum atomic E-state index is 15.0. The maximum absolute atomic E-state index is 15.0. The molecule has 1 fully saturated rings. The van der Waals surface area contributed by atoms with Crippen LogP contribution in [-0.4, -0.2) is 75.8 Å². The van der Waals surface area contributed by atoms with Crippen molar-refractivity contribution in [3.63, 3.8) is 0 Å². The highest BCUT2D eigenvalue weighted by Gasteiger charge is 2.33. The topological polar surface area (TPSA) is 102 Å². The SMILES string of the molecule is C=CC(=O)N1CCN(C(=NC)c2cc(Cl)c(-c3ccccc3F)nc2N(C=O)c2c(CO)ccnc2C(C)C)C(C)C1. The van der Waals surface area contributed by atoms with Crippen molar-refractivity contribution >= 4 is 41.3 Å². The van der Waals surface area contributed by atoms with Crippen LogP contribution in [0.3, 0.4) is 0 Å².